The lowest BCUT2D eigenvalue weighted by atomic mass is 9.69. The van der Waals surface area contributed by atoms with Gasteiger partial charge in [0.1, 0.15) is 5.75 Å². The highest BCUT2D eigenvalue weighted by molar-refractivity contribution is 5.29. The molecular weight excluding hydrogens is 246 g/mol. The first-order valence-corrected chi connectivity index (χ1v) is 8.09. The van der Waals surface area contributed by atoms with Crippen molar-refractivity contribution in [3.8, 4) is 5.75 Å². The second-order valence-corrected chi connectivity index (χ2v) is 6.75. The van der Waals surface area contributed by atoms with Crippen molar-refractivity contribution in [2.24, 2.45) is 17.3 Å². The van der Waals surface area contributed by atoms with E-state index in [0.717, 1.165) is 24.1 Å². The average molecular weight is 273 g/mol. The minimum absolute atomic E-state index is 0.491. The van der Waals surface area contributed by atoms with E-state index < -0.39 is 0 Å². The van der Waals surface area contributed by atoms with Crippen LogP contribution < -0.4 is 10.1 Å². The molecule has 110 valence electrons. The molecule has 1 aromatic rings. The fraction of sp³-hybridized carbons (Fsp3) is 0.667. The van der Waals surface area contributed by atoms with Gasteiger partial charge >= 0.3 is 0 Å². The molecule has 1 aromatic carbocycles. The van der Waals surface area contributed by atoms with E-state index in [-0.39, 0.29) is 0 Å². The zero-order valence-corrected chi connectivity index (χ0v) is 12.8. The zero-order valence-electron chi connectivity index (χ0n) is 12.8. The first-order chi connectivity index (χ1) is 9.75. The summed E-state index contributed by atoms with van der Waals surface area (Å²) in [5, 5.41) is 3.63. The molecule has 3 unspecified atom stereocenters. The molecule has 3 atom stereocenters. The van der Waals surface area contributed by atoms with Gasteiger partial charge in [-0.2, -0.15) is 0 Å². The van der Waals surface area contributed by atoms with Crippen molar-refractivity contribution in [3.63, 3.8) is 0 Å². The quantitative estimate of drug-likeness (QED) is 0.854. The summed E-state index contributed by atoms with van der Waals surface area (Å²) in [6.45, 7) is 4.48. The molecule has 0 saturated heterocycles. The van der Waals surface area contributed by atoms with Gasteiger partial charge in [0.15, 0.2) is 0 Å². The Hall–Kier alpha value is -1.02. The maximum absolute atomic E-state index is 5.38. The number of benzene rings is 1. The molecule has 0 heterocycles. The van der Waals surface area contributed by atoms with Gasteiger partial charge in [-0.3, -0.25) is 0 Å². The lowest BCUT2D eigenvalue weighted by molar-refractivity contribution is 0.157. The van der Waals surface area contributed by atoms with Crippen LogP contribution in [0.15, 0.2) is 24.3 Å². The minimum Gasteiger partial charge on any atom is -0.497 e. The van der Waals surface area contributed by atoms with Gasteiger partial charge in [0.2, 0.25) is 0 Å². The van der Waals surface area contributed by atoms with Crippen LogP contribution in [0.5, 0.6) is 5.75 Å². The average Bonchev–Trinajstić information content (AvgIpc) is 3.06. The molecule has 1 N–H and O–H groups in total. The fourth-order valence-electron chi connectivity index (χ4n) is 4.62. The molecule has 0 aliphatic heterocycles. The molecule has 0 radical (unpaired) electrons. The lowest BCUT2D eigenvalue weighted by Gasteiger charge is -2.38. The van der Waals surface area contributed by atoms with Crippen LogP contribution in [0.2, 0.25) is 0 Å². The van der Waals surface area contributed by atoms with Crippen LogP contribution in [0.4, 0.5) is 0 Å². The van der Waals surface area contributed by atoms with E-state index in [0.29, 0.717) is 5.41 Å². The molecule has 2 nitrogen and oxygen atoms in total. The maximum Gasteiger partial charge on any atom is 0.119 e. The SMILES string of the molecule is CCNCC1(Cc2cccc(OC)c2)CC2CCC1C2. The Bertz CT molecular complexity index is 458. The summed E-state index contributed by atoms with van der Waals surface area (Å²) in [7, 11) is 1.76. The van der Waals surface area contributed by atoms with Gasteiger partial charge < -0.3 is 10.1 Å². The predicted molar refractivity (Wildman–Crippen MR) is 83.1 cm³/mol. The van der Waals surface area contributed by atoms with Crippen molar-refractivity contribution >= 4 is 0 Å². The van der Waals surface area contributed by atoms with Crippen LogP contribution in [0.1, 0.15) is 38.2 Å². The molecular formula is C18H27NO. The summed E-state index contributed by atoms with van der Waals surface area (Å²) in [5.74, 6) is 2.91. The Morgan fingerprint density at radius 2 is 2.25 bits per heavy atom. The molecule has 3 rings (SSSR count). The largest absolute Gasteiger partial charge is 0.497 e. The van der Waals surface area contributed by atoms with E-state index in [1.54, 1.807) is 7.11 Å². The summed E-state index contributed by atoms with van der Waals surface area (Å²) in [5.41, 5.74) is 1.93. The fourth-order valence-corrected chi connectivity index (χ4v) is 4.62. The molecule has 2 saturated carbocycles. The number of ether oxygens (including phenoxy) is 1. The van der Waals surface area contributed by atoms with E-state index in [1.165, 1.54) is 44.2 Å². The number of nitrogens with one attached hydrogen (secondary N) is 1. The Morgan fingerprint density at radius 1 is 1.35 bits per heavy atom. The van der Waals surface area contributed by atoms with E-state index in [1.807, 2.05) is 6.07 Å². The van der Waals surface area contributed by atoms with Crippen LogP contribution in [-0.2, 0) is 6.42 Å². The van der Waals surface area contributed by atoms with Crippen molar-refractivity contribution in [3.05, 3.63) is 29.8 Å². The third-order valence-corrected chi connectivity index (χ3v) is 5.52. The second kappa shape index (κ2) is 5.77. The van der Waals surface area contributed by atoms with Crippen molar-refractivity contribution < 1.29 is 4.74 Å². The Balaban J connectivity index is 1.79. The molecule has 0 aromatic heterocycles. The summed E-state index contributed by atoms with van der Waals surface area (Å²) in [6, 6.07) is 8.66. The number of methoxy groups -OCH3 is 1. The van der Waals surface area contributed by atoms with Crippen LogP contribution in [0.25, 0.3) is 0 Å². The van der Waals surface area contributed by atoms with Gasteiger partial charge in [0.25, 0.3) is 0 Å². The minimum atomic E-state index is 0.491. The first-order valence-electron chi connectivity index (χ1n) is 8.09. The van der Waals surface area contributed by atoms with Crippen LogP contribution in [-0.4, -0.2) is 20.2 Å². The smallest absolute Gasteiger partial charge is 0.119 e. The van der Waals surface area contributed by atoms with E-state index in [4.69, 9.17) is 4.74 Å². The Morgan fingerprint density at radius 3 is 2.90 bits per heavy atom. The Kier molecular flexibility index (Phi) is 4.02. The monoisotopic (exact) mass is 273 g/mol. The van der Waals surface area contributed by atoms with Gasteiger partial charge in [-0.1, -0.05) is 25.5 Å². The van der Waals surface area contributed by atoms with Crippen LogP contribution in [0, 0.1) is 17.3 Å². The topological polar surface area (TPSA) is 21.3 Å². The van der Waals surface area contributed by atoms with Crippen molar-refractivity contribution in [1.82, 2.24) is 5.32 Å². The first kappa shape index (κ1) is 13.9. The molecule has 20 heavy (non-hydrogen) atoms. The van der Waals surface area contributed by atoms with E-state index >= 15 is 0 Å². The van der Waals surface area contributed by atoms with Crippen molar-refractivity contribution in [1.29, 1.82) is 0 Å². The standard InChI is InChI=1S/C18H27NO/c1-3-19-13-18(12-15-7-8-16(18)9-15)11-14-5-4-6-17(10-14)20-2/h4-6,10,15-16,19H,3,7-9,11-13H2,1-2H3. The second-order valence-electron chi connectivity index (χ2n) is 6.75. The highest BCUT2D eigenvalue weighted by Crippen LogP contribution is 2.57. The molecule has 2 heteroatoms. The lowest BCUT2D eigenvalue weighted by Crippen LogP contribution is -2.40. The normalized spacial score (nSPS) is 31.7. The summed E-state index contributed by atoms with van der Waals surface area (Å²) in [6.07, 6.45) is 7.01. The van der Waals surface area contributed by atoms with Gasteiger partial charge in [0.05, 0.1) is 7.11 Å². The van der Waals surface area contributed by atoms with Crippen LogP contribution >= 0.6 is 0 Å². The third kappa shape index (κ3) is 2.58. The number of rotatable bonds is 6. The molecule has 0 amide bonds. The number of fused-ring (bicyclic) bond motifs is 2. The molecule has 2 aliphatic rings. The maximum atomic E-state index is 5.38. The van der Waals surface area contributed by atoms with Crippen LogP contribution in [0.3, 0.4) is 0 Å². The van der Waals surface area contributed by atoms with Gasteiger partial charge in [-0.15, -0.1) is 0 Å². The molecule has 2 bridgehead atoms. The van der Waals surface area contributed by atoms with Gasteiger partial charge in [-0.05, 0) is 67.2 Å². The summed E-state index contributed by atoms with van der Waals surface area (Å²) >= 11 is 0. The molecule has 0 spiro atoms. The summed E-state index contributed by atoms with van der Waals surface area (Å²) in [4.78, 5) is 0. The number of hydrogen-bond donors (Lipinski definition) is 1. The van der Waals surface area contributed by atoms with Crippen molar-refractivity contribution in [2.75, 3.05) is 20.2 Å². The van der Waals surface area contributed by atoms with Crippen molar-refractivity contribution in [2.45, 2.75) is 39.0 Å². The van der Waals surface area contributed by atoms with Gasteiger partial charge in [-0.25, -0.2) is 0 Å². The number of hydrogen-bond acceptors (Lipinski definition) is 2. The van der Waals surface area contributed by atoms with E-state index in [2.05, 4.69) is 30.4 Å². The molecule has 2 aliphatic carbocycles. The highest BCUT2D eigenvalue weighted by atomic mass is 16.5. The van der Waals surface area contributed by atoms with Gasteiger partial charge in [0, 0.05) is 6.54 Å². The Labute approximate surface area is 122 Å². The summed E-state index contributed by atoms with van der Waals surface area (Å²) < 4.78 is 5.38. The molecule has 2 fully saturated rings. The highest BCUT2D eigenvalue weighted by Gasteiger charge is 2.50. The predicted octanol–water partition coefficient (Wildman–Crippen LogP) is 3.65. The third-order valence-electron chi connectivity index (χ3n) is 5.52. The van der Waals surface area contributed by atoms with E-state index in [9.17, 15) is 0 Å². The zero-order chi connectivity index (χ0) is 14.0.